The lowest BCUT2D eigenvalue weighted by Gasteiger charge is -2.00. The highest BCUT2D eigenvalue weighted by Gasteiger charge is 1.93. The quantitative estimate of drug-likeness (QED) is 0.427. The average Bonchev–Trinajstić information content (AvgIpc) is 2.19. The summed E-state index contributed by atoms with van der Waals surface area (Å²) >= 11 is 1.78. The van der Waals surface area contributed by atoms with E-state index >= 15 is 0 Å². The molecule has 1 rings (SSSR count). The van der Waals surface area contributed by atoms with Crippen molar-refractivity contribution in [1.82, 2.24) is 15.3 Å². The van der Waals surface area contributed by atoms with E-state index in [2.05, 4.69) is 22.2 Å². The van der Waals surface area contributed by atoms with Gasteiger partial charge < -0.3 is 5.32 Å². The number of aromatic nitrogens is 2. The van der Waals surface area contributed by atoms with E-state index in [9.17, 15) is 0 Å². The highest BCUT2D eigenvalue weighted by atomic mass is 32.2. The van der Waals surface area contributed by atoms with E-state index in [0.29, 0.717) is 0 Å². The van der Waals surface area contributed by atoms with Crippen LogP contribution in [0.1, 0.15) is 13.3 Å². The fourth-order valence-corrected chi connectivity index (χ4v) is 1.69. The summed E-state index contributed by atoms with van der Waals surface area (Å²) in [5, 5.41) is 4.35. The van der Waals surface area contributed by atoms with Gasteiger partial charge in [-0.05, 0) is 25.6 Å². The summed E-state index contributed by atoms with van der Waals surface area (Å²) in [4.78, 5) is 7.99. The molecule has 0 unspecified atom stereocenters. The van der Waals surface area contributed by atoms with Gasteiger partial charge >= 0.3 is 0 Å². The van der Waals surface area contributed by atoms with Crippen LogP contribution in [0.25, 0.3) is 0 Å². The Morgan fingerprint density at radius 3 is 3.15 bits per heavy atom. The molecule has 0 aromatic carbocycles. The maximum absolute atomic E-state index is 4.13. The lowest BCUT2D eigenvalue weighted by Crippen LogP contribution is -2.14. The third-order valence-corrected chi connectivity index (χ3v) is 2.58. The number of thioether (sulfide) groups is 1. The van der Waals surface area contributed by atoms with E-state index in [-0.39, 0.29) is 0 Å². The highest BCUT2D eigenvalue weighted by molar-refractivity contribution is 7.99. The van der Waals surface area contributed by atoms with Gasteiger partial charge in [-0.2, -0.15) is 0 Å². The van der Waals surface area contributed by atoms with Crippen molar-refractivity contribution < 1.29 is 0 Å². The molecule has 13 heavy (non-hydrogen) atoms. The smallest absolute Gasteiger partial charge is 0.116 e. The molecule has 0 aliphatic carbocycles. The minimum Gasteiger partial charge on any atom is -0.317 e. The molecule has 1 heterocycles. The van der Waals surface area contributed by atoms with Crippen LogP contribution >= 0.6 is 11.8 Å². The molecule has 0 saturated carbocycles. The normalized spacial score (nSPS) is 10.2. The molecular formula is C9H15N3S. The maximum Gasteiger partial charge on any atom is 0.116 e. The molecule has 0 aliphatic heterocycles. The van der Waals surface area contributed by atoms with E-state index in [0.717, 1.165) is 23.9 Å². The SMILES string of the molecule is CCNCCCSc1ccncn1. The molecule has 1 aromatic rings. The summed E-state index contributed by atoms with van der Waals surface area (Å²) in [6.07, 6.45) is 4.55. The predicted molar refractivity (Wildman–Crippen MR) is 55.9 cm³/mol. The Labute approximate surface area is 83.4 Å². The van der Waals surface area contributed by atoms with E-state index in [1.165, 1.54) is 6.42 Å². The summed E-state index contributed by atoms with van der Waals surface area (Å²) in [5.41, 5.74) is 0. The minimum absolute atomic E-state index is 1.05. The molecule has 0 atom stereocenters. The van der Waals surface area contributed by atoms with Crippen molar-refractivity contribution in [3.8, 4) is 0 Å². The van der Waals surface area contributed by atoms with E-state index < -0.39 is 0 Å². The van der Waals surface area contributed by atoms with Crippen molar-refractivity contribution in [3.05, 3.63) is 18.6 Å². The first-order chi connectivity index (χ1) is 6.43. The molecule has 1 aromatic heterocycles. The van der Waals surface area contributed by atoms with E-state index in [1.807, 2.05) is 6.07 Å². The highest BCUT2D eigenvalue weighted by Crippen LogP contribution is 2.13. The number of rotatable bonds is 6. The molecule has 0 amide bonds. The van der Waals surface area contributed by atoms with Crippen LogP contribution < -0.4 is 5.32 Å². The van der Waals surface area contributed by atoms with Gasteiger partial charge in [-0.25, -0.2) is 9.97 Å². The third kappa shape index (κ3) is 4.85. The van der Waals surface area contributed by atoms with E-state index in [4.69, 9.17) is 0 Å². The fourth-order valence-electron chi connectivity index (χ4n) is 0.915. The zero-order valence-electron chi connectivity index (χ0n) is 7.86. The second-order valence-electron chi connectivity index (χ2n) is 2.60. The van der Waals surface area contributed by atoms with Gasteiger partial charge in [0.05, 0.1) is 5.03 Å². The molecule has 1 N–H and O–H groups in total. The first-order valence-electron chi connectivity index (χ1n) is 4.53. The van der Waals surface area contributed by atoms with Gasteiger partial charge in [0.15, 0.2) is 0 Å². The maximum atomic E-state index is 4.13. The zero-order chi connectivity index (χ0) is 9.36. The summed E-state index contributed by atoms with van der Waals surface area (Å²) in [7, 11) is 0. The molecule has 3 nitrogen and oxygen atoms in total. The Bertz CT molecular complexity index is 215. The van der Waals surface area contributed by atoms with E-state index in [1.54, 1.807) is 24.3 Å². The first kappa shape index (κ1) is 10.5. The van der Waals surface area contributed by atoms with Crippen LogP contribution in [0.15, 0.2) is 23.6 Å². The van der Waals surface area contributed by atoms with Crippen LogP contribution in [0, 0.1) is 0 Å². The molecule has 4 heteroatoms. The van der Waals surface area contributed by atoms with Crippen LogP contribution in [0.3, 0.4) is 0 Å². The first-order valence-corrected chi connectivity index (χ1v) is 5.51. The van der Waals surface area contributed by atoms with Crippen LogP contribution in [0.4, 0.5) is 0 Å². The average molecular weight is 197 g/mol. The topological polar surface area (TPSA) is 37.8 Å². The van der Waals surface area contributed by atoms with Crippen LogP contribution in [-0.4, -0.2) is 28.8 Å². The van der Waals surface area contributed by atoms with Crippen molar-refractivity contribution in [3.63, 3.8) is 0 Å². The summed E-state index contributed by atoms with van der Waals surface area (Å²) in [6, 6.07) is 1.94. The van der Waals surface area contributed by atoms with Gasteiger partial charge in [0.1, 0.15) is 6.33 Å². The van der Waals surface area contributed by atoms with Gasteiger partial charge in [-0.15, -0.1) is 11.8 Å². The molecule has 0 fully saturated rings. The van der Waals surface area contributed by atoms with Crippen molar-refractivity contribution in [2.75, 3.05) is 18.8 Å². The second-order valence-corrected chi connectivity index (χ2v) is 3.72. The Morgan fingerprint density at radius 2 is 2.46 bits per heavy atom. The molecule has 0 radical (unpaired) electrons. The second kappa shape index (κ2) is 6.86. The van der Waals surface area contributed by atoms with Gasteiger partial charge in [0.25, 0.3) is 0 Å². The van der Waals surface area contributed by atoms with Gasteiger partial charge in [0, 0.05) is 11.9 Å². The van der Waals surface area contributed by atoms with Gasteiger partial charge in [-0.1, -0.05) is 6.92 Å². The van der Waals surface area contributed by atoms with Crippen LogP contribution in [-0.2, 0) is 0 Å². The van der Waals surface area contributed by atoms with Gasteiger partial charge in [-0.3, -0.25) is 0 Å². The van der Waals surface area contributed by atoms with Crippen molar-refractivity contribution in [2.45, 2.75) is 18.4 Å². The van der Waals surface area contributed by atoms with Crippen LogP contribution in [0.2, 0.25) is 0 Å². The van der Waals surface area contributed by atoms with Crippen molar-refractivity contribution in [1.29, 1.82) is 0 Å². The number of hydrogen-bond acceptors (Lipinski definition) is 4. The molecule has 0 aliphatic rings. The summed E-state index contributed by atoms with van der Waals surface area (Å²) in [5.74, 6) is 1.12. The minimum atomic E-state index is 1.05. The monoisotopic (exact) mass is 197 g/mol. The molecule has 0 spiro atoms. The molecule has 0 bridgehead atoms. The summed E-state index contributed by atoms with van der Waals surface area (Å²) in [6.45, 7) is 4.27. The molecular weight excluding hydrogens is 182 g/mol. The fraction of sp³-hybridized carbons (Fsp3) is 0.556. The number of hydrogen-bond donors (Lipinski definition) is 1. The lowest BCUT2D eigenvalue weighted by atomic mass is 10.5. The number of nitrogens with zero attached hydrogens (tertiary/aromatic N) is 2. The Hall–Kier alpha value is -0.610. The van der Waals surface area contributed by atoms with Crippen molar-refractivity contribution >= 4 is 11.8 Å². The van der Waals surface area contributed by atoms with Crippen LogP contribution in [0.5, 0.6) is 0 Å². The third-order valence-electron chi connectivity index (χ3n) is 1.55. The summed E-state index contributed by atoms with van der Waals surface area (Å²) < 4.78 is 0. The molecule has 72 valence electrons. The Balaban J connectivity index is 2.07. The zero-order valence-corrected chi connectivity index (χ0v) is 8.68. The van der Waals surface area contributed by atoms with Gasteiger partial charge in [0.2, 0.25) is 0 Å². The standard InChI is InChI=1S/C9H15N3S/c1-2-10-5-3-7-13-9-4-6-11-8-12-9/h4,6,8,10H,2-3,5,7H2,1H3. The number of nitrogens with one attached hydrogen (secondary N) is 1. The lowest BCUT2D eigenvalue weighted by molar-refractivity contribution is 0.707. The Morgan fingerprint density at radius 1 is 1.54 bits per heavy atom. The predicted octanol–water partition coefficient (Wildman–Crippen LogP) is 1.57. The largest absolute Gasteiger partial charge is 0.317 e. The Kier molecular flexibility index (Phi) is 5.52. The molecule has 0 saturated heterocycles. The van der Waals surface area contributed by atoms with Crippen molar-refractivity contribution in [2.24, 2.45) is 0 Å².